The summed E-state index contributed by atoms with van der Waals surface area (Å²) in [4.78, 5) is 44.7. The van der Waals surface area contributed by atoms with Gasteiger partial charge in [-0.2, -0.15) is 0 Å². The largest absolute Gasteiger partial charge is 0.339 e. The van der Waals surface area contributed by atoms with E-state index >= 15 is 0 Å². The standard InChI is InChI=1S/C22H25Br2N3O3/c23-19-14-10-15(20(19)24)18-17(14)21(29)27(22(18)30)12-16(28)26-8-6-25(7-9-26)11-13-4-2-1-3-5-13/h1-5,14-15,17-20H,6-12H2/t14-,15-,17-,18-,19-,20-/m1/s1. The van der Waals surface area contributed by atoms with Crippen molar-refractivity contribution in [3.8, 4) is 0 Å². The maximum Gasteiger partial charge on any atom is 0.242 e. The smallest absolute Gasteiger partial charge is 0.242 e. The van der Waals surface area contributed by atoms with Crippen molar-refractivity contribution in [1.82, 2.24) is 14.7 Å². The molecule has 4 aliphatic rings. The lowest BCUT2D eigenvalue weighted by Gasteiger charge is -2.35. The first-order valence-corrected chi connectivity index (χ1v) is 12.5. The molecule has 3 amide bonds. The fraction of sp³-hybridized carbons (Fsp3) is 0.591. The van der Waals surface area contributed by atoms with E-state index in [-0.39, 0.29) is 57.6 Å². The highest BCUT2D eigenvalue weighted by Gasteiger charge is 2.66. The second kappa shape index (κ2) is 8.02. The molecule has 4 fully saturated rings. The number of fused-ring (bicyclic) bond motifs is 5. The number of imide groups is 1. The first-order chi connectivity index (χ1) is 14.5. The van der Waals surface area contributed by atoms with Gasteiger partial charge in [0.15, 0.2) is 0 Å². The van der Waals surface area contributed by atoms with Crippen LogP contribution in [0.1, 0.15) is 12.0 Å². The van der Waals surface area contributed by atoms with E-state index in [4.69, 9.17) is 0 Å². The van der Waals surface area contributed by atoms with Gasteiger partial charge in [-0.25, -0.2) is 0 Å². The first-order valence-electron chi connectivity index (χ1n) is 10.6. The number of piperazine rings is 1. The summed E-state index contributed by atoms with van der Waals surface area (Å²) in [5.74, 6) is -0.540. The Kier molecular flexibility index (Phi) is 5.52. The van der Waals surface area contributed by atoms with Crippen molar-refractivity contribution in [2.45, 2.75) is 22.6 Å². The third-order valence-corrected chi connectivity index (χ3v) is 10.6. The maximum absolute atomic E-state index is 13.0. The molecule has 0 spiro atoms. The fourth-order valence-electron chi connectivity index (χ4n) is 5.80. The molecule has 2 aliphatic carbocycles. The summed E-state index contributed by atoms with van der Waals surface area (Å²) in [6, 6.07) is 10.3. The number of benzene rings is 1. The quantitative estimate of drug-likeness (QED) is 0.435. The Balaban J connectivity index is 1.18. The summed E-state index contributed by atoms with van der Waals surface area (Å²) in [5, 5.41) is 0. The van der Waals surface area contributed by atoms with Gasteiger partial charge in [0, 0.05) is 42.4 Å². The van der Waals surface area contributed by atoms with E-state index in [1.165, 1.54) is 10.5 Å². The predicted octanol–water partition coefficient (Wildman–Crippen LogP) is 2.11. The summed E-state index contributed by atoms with van der Waals surface area (Å²) >= 11 is 7.40. The average Bonchev–Trinajstić information content (AvgIpc) is 3.36. The van der Waals surface area contributed by atoms with Gasteiger partial charge in [-0.1, -0.05) is 62.2 Å². The lowest BCUT2D eigenvalue weighted by atomic mass is 9.81. The van der Waals surface area contributed by atoms with Crippen molar-refractivity contribution in [2.75, 3.05) is 32.7 Å². The molecule has 5 rings (SSSR count). The van der Waals surface area contributed by atoms with E-state index in [9.17, 15) is 14.4 Å². The first kappa shape index (κ1) is 20.6. The number of hydrogen-bond acceptors (Lipinski definition) is 4. The second-order valence-corrected chi connectivity index (χ2v) is 11.0. The molecule has 0 aromatic heterocycles. The van der Waals surface area contributed by atoms with Gasteiger partial charge in [-0.3, -0.25) is 24.2 Å². The normalized spacial score (nSPS) is 35.9. The average molecular weight is 539 g/mol. The van der Waals surface area contributed by atoms with Gasteiger partial charge in [0.1, 0.15) is 6.54 Å². The van der Waals surface area contributed by atoms with Crippen molar-refractivity contribution in [1.29, 1.82) is 0 Å². The Morgan fingerprint density at radius 1 is 0.900 bits per heavy atom. The zero-order valence-corrected chi connectivity index (χ0v) is 19.8. The Morgan fingerprint density at radius 2 is 1.47 bits per heavy atom. The van der Waals surface area contributed by atoms with Crippen LogP contribution in [0.25, 0.3) is 0 Å². The van der Waals surface area contributed by atoms with E-state index in [1.807, 2.05) is 18.2 Å². The number of carbonyl (C=O) groups is 3. The molecule has 8 heteroatoms. The van der Waals surface area contributed by atoms with E-state index in [1.54, 1.807) is 4.90 Å². The number of rotatable bonds is 4. The van der Waals surface area contributed by atoms with Crippen molar-refractivity contribution in [3.63, 3.8) is 0 Å². The van der Waals surface area contributed by atoms with E-state index in [0.717, 1.165) is 26.1 Å². The molecule has 2 bridgehead atoms. The summed E-state index contributed by atoms with van der Waals surface area (Å²) in [6.07, 6.45) is 0.907. The topological polar surface area (TPSA) is 60.9 Å². The molecular weight excluding hydrogens is 514 g/mol. The fourth-order valence-corrected chi connectivity index (χ4v) is 7.67. The summed E-state index contributed by atoms with van der Waals surface area (Å²) < 4.78 is 0. The third-order valence-electron chi connectivity index (χ3n) is 7.35. The molecule has 2 heterocycles. The van der Waals surface area contributed by atoms with Crippen LogP contribution in [0.15, 0.2) is 30.3 Å². The number of likely N-dealkylation sites (tertiary alicyclic amines) is 1. The number of carbonyl (C=O) groups excluding carboxylic acids is 3. The number of amides is 3. The van der Waals surface area contributed by atoms with Gasteiger partial charge in [0.25, 0.3) is 0 Å². The molecule has 0 radical (unpaired) electrons. The van der Waals surface area contributed by atoms with Crippen LogP contribution < -0.4 is 0 Å². The molecule has 0 N–H and O–H groups in total. The van der Waals surface area contributed by atoms with Gasteiger partial charge in [0.05, 0.1) is 11.8 Å². The highest BCUT2D eigenvalue weighted by molar-refractivity contribution is 9.12. The van der Waals surface area contributed by atoms with Crippen LogP contribution in [0.4, 0.5) is 0 Å². The molecule has 2 aliphatic heterocycles. The number of alkyl halides is 2. The molecule has 2 saturated heterocycles. The number of halogens is 2. The number of nitrogens with zero attached hydrogens (tertiary/aromatic N) is 3. The minimum Gasteiger partial charge on any atom is -0.339 e. The van der Waals surface area contributed by atoms with Crippen molar-refractivity contribution >= 4 is 49.6 Å². The third kappa shape index (κ3) is 3.35. The molecule has 6 nitrogen and oxygen atoms in total. The molecule has 1 aromatic rings. The Hall–Kier alpha value is -1.25. The van der Waals surface area contributed by atoms with Crippen molar-refractivity contribution in [2.24, 2.45) is 23.7 Å². The predicted molar refractivity (Wildman–Crippen MR) is 119 cm³/mol. The van der Waals surface area contributed by atoms with Crippen LogP contribution in [0, 0.1) is 23.7 Å². The van der Waals surface area contributed by atoms with E-state index < -0.39 is 0 Å². The Morgan fingerprint density at radius 3 is 2.03 bits per heavy atom. The van der Waals surface area contributed by atoms with Crippen LogP contribution in [-0.2, 0) is 20.9 Å². The van der Waals surface area contributed by atoms with Gasteiger partial charge in [0.2, 0.25) is 17.7 Å². The number of hydrogen-bond donors (Lipinski definition) is 0. The molecule has 6 atom stereocenters. The van der Waals surface area contributed by atoms with Gasteiger partial charge >= 0.3 is 0 Å². The minimum absolute atomic E-state index is 0.108. The van der Waals surface area contributed by atoms with E-state index in [2.05, 4.69) is 48.9 Å². The Labute approximate surface area is 193 Å². The van der Waals surface area contributed by atoms with Crippen LogP contribution in [0.5, 0.6) is 0 Å². The zero-order chi connectivity index (χ0) is 21.0. The zero-order valence-electron chi connectivity index (χ0n) is 16.6. The molecule has 2 saturated carbocycles. The van der Waals surface area contributed by atoms with Crippen LogP contribution >= 0.6 is 31.9 Å². The molecule has 30 heavy (non-hydrogen) atoms. The van der Waals surface area contributed by atoms with Crippen molar-refractivity contribution < 1.29 is 14.4 Å². The van der Waals surface area contributed by atoms with E-state index in [0.29, 0.717) is 13.1 Å². The second-order valence-electron chi connectivity index (χ2n) is 8.91. The van der Waals surface area contributed by atoms with Crippen LogP contribution in [0.2, 0.25) is 0 Å². The molecular formula is C22H25Br2N3O3. The summed E-state index contributed by atoms with van der Waals surface area (Å²) in [7, 11) is 0. The molecule has 0 unspecified atom stereocenters. The maximum atomic E-state index is 13.0. The summed E-state index contributed by atoms with van der Waals surface area (Å²) in [6.45, 7) is 3.63. The lowest BCUT2D eigenvalue weighted by Crippen LogP contribution is -2.51. The van der Waals surface area contributed by atoms with Crippen LogP contribution in [0.3, 0.4) is 0 Å². The Bertz CT molecular complexity index is 826. The molecule has 160 valence electrons. The highest BCUT2D eigenvalue weighted by atomic mass is 79.9. The summed E-state index contributed by atoms with van der Waals surface area (Å²) in [5.41, 5.74) is 1.27. The monoisotopic (exact) mass is 537 g/mol. The van der Waals surface area contributed by atoms with Gasteiger partial charge in [-0.15, -0.1) is 0 Å². The van der Waals surface area contributed by atoms with Crippen LogP contribution in [-0.4, -0.2) is 74.8 Å². The minimum atomic E-state index is -0.254. The van der Waals surface area contributed by atoms with Gasteiger partial charge < -0.3 is 4.90 Å². The molecule has 1 aromatic carbocycles. The van der Waals surface area contributed by atoms with Gasteiger partial charge in [-0.05, 0) is 23.8 Å². The lowest BCUT2D eigenvalue weighted by molar-refractivity contribution is -0.147. The SMILES string of the molecule is O=C(CN1C(=O)[C@@H]2[C@H]3C[C@@H]([C@@H](Br)[C@@H]3Br)[C@H]2C1=O)N1CCN(Cc2ccccc2)CC1. The highest BCUT2D eigenvalue weighted by Crippen LogP contribution is 2.60. The van der Waals surface area contributed by atoms with Crippen molar-refractivity contribution in [3.05, 3.63) is 35.9 Å².